The molecule has 1 aliphatic heterocycles. The smallest absolute Gasteiger partial charge is 0.141 e. The van der Waals surface area contributed by atoms with Crippen LogP contribution < -0.4 is 5.32 Å². The van der Waals surface area contributed by atoms with Crippen LogP contribution in [0.4, 0.5) is 4.39 Å². The van der Waals surface area contributed by atoms with E-state index in [1.54, 1.807) is 12.3 Å². The van der Waals surface area contributed by atoms with Gasteiger partial charge >= 0.3 is 0 Å². The first kappa shape index (κ1) is 17.6. The molecule has 0 aromatic carbocycles. The van der Waals surface area contributed by atoms with Crippen molar-refractivity contribution in [3.05, 3.63) is 47.8 Å². The molecule has 1 saturated carbocycles. The molecule has 5 nitrogen and oxygen atoms in total. The molecule has 0 spiro atoms. The summed E-state index contributed by atoms with van der Waals surface area (Å²) >= 11 is 0. The summed E-state index contributed by atoms with van der Waals surface area (Å²) in [6.07, 6.45) is 9.99. The van der Waals surface area contributed by atoms with Gasteiger partial charge in [0.05, 0.1) is 17.9 Å². The van der Waals surface area contributed by atoms with E-state index < -0.39 is 0 Å². The molecule has 2 aromatic heterocycles. The van der Waals surface area contributed by atoms with Gasteiger partial charge in [-0.15, -0.1) is 0 Å². The number of hydrogen-bond donors (Lipinski definition) is 1. The standard InChI is InChI=1S/C20H28FN5/c1-14(16-10-17(21)13-22-11-16)23-12-15-4-3-9-26(18-5-6-18)20(15)19-7-8-24-25(19)2/h7-8,10-11,13-15,18,20,23H,3-6,9,12H2,1-2H3/t14?,15-,20+/m0/s1. The van der Waals surface area contributed by atoms with Crippen LogP contribution in [0.5, 0.6) is 0 Å². The highest BCUT2D eigenvalue weighted by atomic mass is 19.1. The van der Waals surface area contributed by atoms with Crippen LogP contribution in [0.3, 0.4) is 0 Å². The van der Waals surface area contributed by atoms with Gasteiger partial charge in [-0.2, -0.15) is 5.10 Å². The molecule has 0 bridgehead atoms. The number of hydrogen-bond acceptors (Lipinski definition) is 4. The van der Waals surface area contributed by atoms with E-state index in [9.17, 15) is 4.39 Å². The van der Waals surface area contributed by atoms with E-state index >= 15 is 0 Å². The second-order valence-corrected chi connectivity index (χ2v) is 7.76. The molecule has 3 heterocycles. The number of aryl methyl sites for hydroxylation is 1. The SMILES string of the molecule is CC(NC[C@@H]1CCCN(C2CC2)[C@H]1c1ccnn1C)c1cncc(F)c1. The van der Waals surface area contributed by atoms with E-state index in [0.717, 1.165) is 18.2 Å². The van der Waals surface area contributed by atoms with Crippen LogP contribution in [0.1, 0.15) is 55.9 Å². The van der Waals surface area contributed by atoms with E-state index in [-0.39, 0.29) is 11.9 Å². The minimum atomic E-state index is -0.276. The van der Waals surface area contributed by atoms with Gasteiger partial charge in [0.15, 0.2) is 0 Å². The minimum Gasteiger partial charge on any atom is -0.310 e. The average molecular weight is 357 g/mol. The van der Waals surface area contributed by atoms with Crippen molar-refractivity contribution < 1.29 is 4.39 Å². The van der Waals surface area contributed by atoms with E-state index in [4.69, 9.17) is 0 Å². The van der Waals surface area contributed by atoms with Gasteiger partial charge in [-0.1, -0.05) is 0 Å². The van der Waals surface area contributed by atoms with Crippen LogP contribution in [0.25, 0.3) is 0 Å². The molecule has 0 amide bonds. The van der Waals surface area contributed by atoms with Crippen molar-refractivity contribution in [2.45, 2.75) is 50.7 Å². The van der Waals surface area contributed by atoms with Gasteiger partial charge in [0.25, 0.3) is 0 Å². The number of nitrogens with zero attached hydrogens (tertiary/aromatic N) is 4. The fraction of sp³-hybridized carbons (Fsp3) is 0.600. The molecule has 1 unspecified atom stereocenters. The van der Waals surface area contributed by atoms with Crippen LogP contribution >= 0.6 is 0 Å². The number of piperidine rings is 1. The third-order valence-electron chi connectivity index (χ3n) is 5.89. The summed E-state index contributed by atoms with van der Waals surface area (Å²) < 4.78 is 15.5. The van der Waals surface area contributed by atoms with E-state index in [2.05, 4.69) is 33.3 Å². The maximum Gasteiger partial charge on any atom is 0.141 e. The summed E-state index contributed by atoms with van der Waals surface area (Å²) in [5.74, 6) is 0.255. The van der Waals surface area contributed by atoms with Gasteiger partial charge in [0, 0.05) is 38.1 Å². The predicted octanol–water partition coefficient (Wildman–Crippen LogP) is 3.22. The molecule has 1 aliphatic carbocycles. The molecule has 140 valence electrons. The third-order valence-corrected chi connectivity index (χ3v) is 5.89. The fourth-order valence-electron chi connectivity index (χ4n) is 4.33. The normalized spacial score (nSPS) is 25.3. The van der Waals surface area contributed by atoms with Gasteiger partial charge in [0.1, 0.15) is 5.82 Å². The van der Waals surface area contributed by atoms with Crippen molar-refractivity contribution in [3.8, 4) is 0 Å². The van der Waals surface area contributed by atoms with Gasteiger partial charge in [-0.25, -0.2) is 4.39 Å². The van der Waals surface area contributed by atoms with E-state index in [1.807, 2.05) is 17.9 Å². The summed E-state index contributed by atoms with van der Waals surface area (Å²) in [5.41, 5.74) is 2.21. The van der Waals surface area contributed by atoms with Crippen LogP contribution in [0.2, 0.25) is 0 Å². The summed E-state index contributed by atoms with van der Waals surface area (Å²) in [5, 5.41) is 8.04. The molecule has 2 aromatic rings. The highest BCUT2D eigenvalue weighted by Crippen LogP contribution is 2.42. The van der Waals surface area contributed by atoms with Crippen molar-refractivity contribution >= 4 is 0 Å². The quantitative estimate of drug-likeness (QED) is 0.862. The Bertz CT molecular complexity index is 741. The van der Waals surface area contributed by atoms with Gasteiger partial charge in [0.2, 0.25) is 0 Å². The van der Waals surface area contributed by atoms with Gasteiger partial charge in [-0.3, -0.25) is 14.6 Å². The Kier molecular flexibility index (Phi) is 5.05. The number of halogens is 1. The summed E-state index contributed by atoms with van der Waals surface area (Å²) in [4.78, 5) is 6.67. The van der Waals surface area contributed by atoms with Gasteiger partial charge in [-0.05, 0) is 62.8 Å². The minimum absolute atomic E-state index is 0.0849. The lowest BCUT2D eigenvalue weighted by atomic mass is 9.86. The largest absolute Gasteiger partial charge is 0.310 e. The third kappa shape index (κ3) is 3.67. The molecule has 3 atom stereocenters. The lowest BCUT2D eigenvalue weighted by Crippen LogP contribution is -2.44. The molecule has 2 fully saturated rings. The molecule has 1 N–H and O–H groups in total. The Labute approximate surface area is 154 Å². The Hall–Kier alpha value is -1.79. The zero-order chi connectivity index (χ0) is 18.1. The summed E-state index contributed by atoms with van der Waals surface area (Å²) in [6, 6.07) is 4.97. The van der Waals surface area contributed by atoms with E-state index in [0.29, 0.717) is 12.0 Å². The number of rotatable bonds is 6. The predicted molar refractivity (Wildman–Crippen MR) is 99.0 cm³/mol. The lowest BCUT2D eigenvalue weighted by molar-refractivity contribution is 0.0766. The number of aromatic nitrogens is 3. The number of likely N-dealkylation sites (tertiary alicyclic amines) is 1. The Morgan fingerprint density at radius 3 is 2.85 bits per heavy atom. The summed E-state index contributed by atoms with van der Waals surface area (Å²) in [6.45, 7) is 4.17. The van der Waals surface area contributed by atoms with Crippen LogP contribution in [-0.4, -0.2) is 38.8 Å². The Balaban J connectivity index is 1.49. The van der Waals surface area contributed by atoms with Gasteiger partial charge < -0.3 is 5.32 Å². The van der Waals surface area contributed by atoms with Crippen molar-refractivity contribution in [2.75, 3.05) is 13.1 Å². The molecule has 6 heteroatoms. The highest BCUT2D eigenvalue weighted by molar-refractivity contribution is 5.15. The van der Waals surface area contributed by atoms with Crippen LogP contribution in [0, 0.1) is 11.7 Å². The molecule has 2 aliphatic rings. The van der Waals surface area contributed by atoms with E-state index in [1.165, 1.54) is 44.1 Å². The van der Waals surface area contributed by atoms with Crippen molar-refractivity contribution in [1.29, 1.82) is 0 Å². The molecule has 26 heavy (non-hydrogen) atoms. The highest BCUT2D eigenvalue weighted by Gasteiger charge is 2.41. The van der Waals surface area contributed by atoms with Crippen LogP contribution in [-0.2, 0) is 7.05 Å². The fourth-order valence-corrected chi connectivity index (χ4v) is 4.33. The van der Waals surface area contributed by atoms with Crippen LogP contribution in [0.15, 0.2) is 30.7 Å². The zero-order valence-electron chi connectivity index (χ0n) is 15.6. The number of pyridine rings is 1. The first-order valence-electron chi connectivity index (χ1n) is 9.71. The Morgan fingerprint density at radius 1 is 1.31 bits per heavy atom. The first-order valence-corrected chi connectivity index (χ1v) is 9.71. The topological polar surface area (TPSA) is 46.0 Å². The van der Waals surface area contributed by atoms with Crippen molar-refractivity contribution in [3.63, 3.8) is 0 Å². The summed E-state index contributed by atoms with van der Waals surface area (Å²) in [7, 11) is 2.04. The lowest BCUT2D eigenvalue weighted by Gasteiger charge is -2.42. The average Bonchev–Trinajstić information content (AvgIpc) is 3.41. The second kappa shape index (κ2) is 7.45. The molecule has 4 rings (SSSR count). The zero-order valence-corrected chi connectivity index (χ0v) is 15.6. The molecular weight excluding hydrogens is 329 g/mol. The molecular formula is C20H28FN5. The Morgan fingerprint density at radius 2 is 2.15 bits per heavy atom. The maximum absolute atomic E-state index is 13.5. The molecule has 0 radical (unpaired) electrons. The van der Waals surface area contributed by atoms with Crippen molar-refractivity contribution in [1.82, 2.24) is 25.0 Å². The second-order valence-electron chi connectivity index (χ2n) is 7.76. The molecule has 1 saturated heterocycles. The van der Waals surface area contributed by atoms with Crippen molar-refractivity contribution in [2.24, 2.45) is 13.0 Å². The maximum atomic E-state index is 13.5. The monoisotopic (exact) mass is 357 g/mol. The number of nitrogens with one attached hydrogen (secondary N) is 1. The first-order chi connectivity index (χ1) is 12.6.